The van der Waals surface area contributed by atoms with Gasteiger partial charge in [0.05, 0.1) is 6.54 Å². The van der Waals surface area contributed by atoms with Gasteiger partial charge in [0.25, 0.3) is 0 Å². The second-order valence-corrected chi connectivity index (χ2v) is 5.29. The molecule has 0 heterocycles. The molecule has 0 radical (unpaired) electrons. The van der Waals surface area contributed by atoms with E-state index in [1.54, 1.807) is 12.1 Å². The fourth-order valence-corrected chi connectivity index (χ4v) is 2.32. The molecule has 0 atom stereocenters. The predicted octanol–water partition coefficient (Wildman–Crippen LogP) is 2.33. The van der Waals surface area contributed by atoms with E-state index in [1.165, 1.54) is 19.3 Å². The summed E-state index contributed by atoms with van der Waals surface area (Å²) in [5, 5.41) is 2.91. The van der Waals surface area contributed by atoms with Crippen molar-refractivity contribution in [2.24, 2.45) is 5.92 Å². The smallest absolute Gasteiger partial charge is 0.238 e. The van der Waals surface area contributed by atoms with Crippen molar-refractivity contribution in [3.63, 3.8) is 0 Å². The summed E-state index contributed by atoms with van der Waals surface area (Å²) in [6.07, 6.45) is 3.98. The van der Waals surface area contributed by atoms with Gasteiger partial charge in [0.2, 0.25) is 5.91 Å². The molecule has 1 aliphatic rings. The van der Waals surface area contributed by atoms with Crippen LogP contribution in [0.2, 0.25) is 0 Å². The lowest BCUT2D eigenvalue weighted by molar-refractivity contribution is -0.117. The summed E-state index contributed by atoms with van der Waals surface area (Å²) in [7, 11) is 0. The van der Waals surface area contributed by atoms with Crippen molar-refractivity contribution in [2.45, 2.75) is 26.2 Å². The SMILES string of the molecule is CCN(CC(=O)Nc1ccc(N)cc1)CC1CCC1. The lowest BCUT2D eigenvalue weighted by Crippen LogP contribution is -2.38. The molecule has 1 amide bonds. The van der Waals surface area contributed by atoms with E-state index < -0.39 is 0 Å². The van der Waals surface area contributed by atoms with Crippen molar-refractivity contribution in [3.8, 4) is 0 Å². The number of nitrogen functional groups attached to an aromatic ring is 1. The summed E-state index contributed by atoms with van der Waals surface area (Å²) >= 11 is 0. The Morgan fingerprint density at radius 2 is 2.05 bits per heavy atom. The molecule has 19 heavy (non-hydrogen) atoms. The van der Waals surface area contributed by atoms with Crippen molar-refractivity contribution in [2.75, 3.05) is 30.7 Å². The summed E-state index contributed by atoms with van der Waals surface area (Å²) < 4.78 is 0. The number of anilines is 2. The van der Waals surface area contributed by atoms with Crippen molar-refractivity contribution in [1.29, 1.82) is 0 Å². The Bertz CT molecular complexity index is 412. The second kappa shape index (κ2) is 6.57. The molecule has 4 heteroatoms. The maximum atomic E-state index is 12.0. The minimum atomic E-state index is 0.0472. The first kappa shape index (κ1) is 13.9. The summed E-state index contributed by atoms with van der Waals surface area (Å²) in [6.45, 7) is 4.55. The van der Waals surface area contributed by atoms with Crippen LogP contribution in [0.4, 0.5) is 11.4 Å². The third-order valence-corrected chi connectivity index (χ3v) is 3.75. The molecule has 0 saturated heterocycles. The zero-order valence-electron chi connectivity index (χ0n) is 11.6. The molecule has 104 valence electrons. The van der Waals surface area contributed by atoms with Crippen molar-refractivity contribution in [1.82, 2.24) is 4.90 Å². The maximum absolute atomic E-state index is 12.0. The van der Waals surface area contributed by atoms with E-state index in [0.717, 1.165) is 24.7 Å². The average molecular weight is 261 g/mol. The number of rotatable bonds is 6. The first-order chi connectivity index (χ1) is 9.17. The van der Waals surface area contributed by atoms with E-state index in [4.69, 9.17) is 5.73 Å². The number of likely N-dealkylation sites (N-methyl/N-ethyl adjacent to an activating group) is 1. The fourth-order valence-electron chi connectivity index (χ4n) is 2.32. The minimum absolute atomic E-state index is 0.0472. The van der Waals surface area contributed by atoms with Crippen LogP contribution in [0.1, 0.15) is 26.2 Å². The molecule has 0 unspecified atom stereocenters. The van der Waals surface area contributed by atoms with E-state index in [9.17, 15) is 4.79 Å². The topological polar surface area (TPSA) is 58.4 Å². The van der Waals surface area contributed by atoms with E-state index in [1.807, 2.05) is 12.1 Å². The molecule has 1 saturated carbocycles. The standard InChI is InChI=1S/C15H23N3O/c1-2-18(10-12-4-3-5-12)11-15(19)17-14-8-6-13(16)7-9-14/h6-9,12H,2-5,10-11,16H2,1H3,(H,17,19). The number of amides is 1. The van der Waals surface area contributed by atoms with Crippen LogP contribution in [0.15, 0.2) is 24.3 Å². The summed E-state index contributed by atoms with van der Waals surface area (Å²) in [4.78, 5) is 14.2. The number of nitrogens with one attached hydrogen (secondary N) is 1. The van der Waals surface area contributed by atoms with Gasteiger partial charge in [0.1, 0.15) is 0 Å². The molecule has 0 spiro atoms. The molecule has 1 fully saturated rings. The number of hydrogen-bond acceptors (Lipinski definition) is 3. The monoisotopic (exact) mass is 261 g/mol. The Hall–Kier alpha value is -1.55. The molecular formula is C15H23N3O. The Balaban J connectivity index is 1.79. The van der Waals surface area contributed by atoms with Crippen LogP contribution in [0, 0.1) is 5.92 Å². The van der Waals surface area contributed by atoms with Gasteiger partial charge in [-0.1, -0.05) is 13.3 Å². The largest absolute Gasteiger partial charge is 0.399 e. The minimum Gasteiger partial charge on any atom is -0.399 e. The van der Waals surface area contributed by atoms with E-state index >= 15 is 0 Å². The molecule has 4 nitrogen and oxygen atoms in total. The number of hydrogen-bond donors (Lipinski definition) is 2. The van der Waals surface area contributed by atoms with Crippen LogP contribution < -0.4 is 11.1 Å². The predicted molar refractivity (Wildman–Crippen MR) is 78.9 cm³/mol. The van der Waals surface area contributed by atoms with E-state index in [0.29, 0.717) is 12.2 Å². The first-order valence-electron chi connectivity index (χ1n) is 7.05. The van der Waals surface area contributed by atoms with Gasteiger partial charge in [-0.2, -0.15) is 0 Å². The molecule has 1 aliphatic carbocycles. The number of nitrogens with two attached hydrogens (primary N) is 1. The molecule has 2 rings (SSSR count). The highest BCUT2D eigenvalue weighted by atomic mass is 16.2. The van der Waals surface area contributed by atoms with E-state index in [2.05, 4.69) is 17.1 Å². The van der Waals surface area contributed by atoms with Gasteiger partial charge >= 0.3 is 0 Å². The normalized spacial score (nSPS) is 15.3. The van der Waals surface area contributed by atoms with Crippen LogP contribution in [0.3, 0.4) is 0 Å². The molecule has 0 aromatic heterocycles. The molecule has 1 aromatic carbocycles. The second-order valence-electron chi connectivity index (χ2n) is 5.29. The molecular weight excluding hydrogens is 238 g/mol. The Kier molecular flexibility index (Phi) is 4.80. The molecule has 3 N–H and O–H groups in total. The van der Waals surface area contributed by atoms with Crippen LogP contribution >= 0.6 is 0 Å². The van der Waals surface area contributed by atoms with Crippen LogP contribution in [0.25, 0.3) is 0 Å². The number of benzene rings is 1. The first-order valence-corrected chi connectivity index (χ1v) is 7.05. The fraction of sp³-hybridized carbons (Fsp3) is 0.533. The zero-order chi connectivity index (χ0) is 13.7. The lowest BCUT2D eigenvalue weighted by Gasteiger charge is -2.31. The van der Waals surface area contributed by atoms with Crippen LogP contribution in [-0.2, 0) is 4.79 Å². The van der Waals surface area contributed by atoms with Gasteiger partial charge in [0.15, 0.2) is 0 Å². The third-order valence-electron chi connectivity index (χ3n) is 3.75. The number of carbonyl (C=O) groups is 1. The summed E-state index contributed by atoms with van der Waals surface area (Å²) in [5.41, 5.74) is 7.13. The number of carbonyl (C=O) groups excluding carboxylic acids is 1. The van der Waals surface area contributed by atoms with Crippen molar-refractivity contribution < 1.29 is 4.79 Å². The van der Waals surface area contributed by atoms with Gasteiger partial charge in [-0.05, 0) is 49.6 Å². The molecule has 0 aliphatic heterocycles. The van der Waals surface area contributed by atoms with Gasteiger partial charge in [-0.25, -0.2) is 0 Å². The third kappa shape index (κ3) is 4.24. The van der Waals surface area contributed by atoms with Crippen LogP contribution in [0.5, 0.6) is 0 Å². The van der Waals surface area contributed by atoms with Crippen molar-refractivity contribution >= 4 is 17.3 Å². The van der Waals surface area contributed by atoms with Gasteiger partial charge < -0.3 is 11.1 Å². The number of nitrogens with zero attached hydrogens (tertiary/aromatic N) is 1. The Labute approximate surface area is 115 Å². The highest BCUT2D eigenvalue weighted by Gasteiger charge is 2.21. The van der Waals surface area contributed by atoms with E-state index in [-0.39, 0.29) is 5.91 Å². The summed E-state index contributed by atoms with van der Waals surface area (Å²) in [6, 6.07) is 7.24. The van der Waals surface area contributed by atoms with Gasteiger partial charge in [-0.15, -0.1) is 0 Å². The summed E-state index contributed by atoms with van der Waals surface area (Å²) in [5.74, 6) is 0.843. The van der Waals surface area contributed by atoms with Crippen LogP contribution in [-0.4, -0.2) is 30.4 Å². The lowest BCUT2D eigenvalue weighted by atomic mass is 9.85. The van der Waals surface area contributed by atoms with Crippen molar-refractivity contribution in [3.05, 3.63) is 24.3 Å². The highest BCUT2D eigenvalue weighted by Crippen LogP contribution is 2.26. The maximum Gasteiger partial charge on any atom is 0.238 e. The molecule has 1 aromatic rings. The zero-order valence-corrected chi connectivity index (χ0v) is 11.6. The quantitative estimate of drug-likeness (QED) is 0.773. The Morgan fingerprint density at radius 1 is 1.37 bits per heavy atom. The van der Waals surface area contributed by atoms with Gasteiger partial charge in [0, 0.05) is 17.9 Å². The highest BCUT2D eigenvalue weighted by molar-refractivity contribution is 5.92. The van der Waals surface area contributed by atoms with Gasteiger partial charge in [-0.3, -0.25) is 9.69 Å². The molecule has 0 bridgehead atoms. The average Bonchev–Trinajstić information content (AvgIpc) is 2.35. The Morgan fingerprint density at radius 3 is 2.58 bits per heavy atom.